The standard InChI is InChI=1S/C15H15N3O3S/c1-10-15(11(2)21-18-10)22(19,20)16-9-13-8-7-12-5-3-4-6-14(12)17-13/h3-8,16H,9H2,1-2H3. The van der Waals surface area contributed by atoms with Crippen LogP contribution < -0.4 is 4.72 Å². The van der Waals surface area contributed by atoms with Crippen LogP contribution in [0.5, 0.6) is 0 Å². The van der Waals surface area contributed by atoms with Gasteiger partial charge < -0.3 is 4.52 Å². The first kappa shape index (κ1) is 14.7. The molecule has 0 amide bonds. The van der Waals surface area contributed by atoms with Crippen molar-refractivity contribution in [2.45, 2.75) is 25.3 Å². The number of aryl methyl sites for hydroxylation is 2. The first-order valence-electron chi connectivity index (χ1n) is 6.74. The monoisotopic (exact) mass is 317 g/mol. The van der Waals surface area contributed by atoms with Gasteiger partial charge in [0, 0.05) is 5.39 Å². The molecule has 0 aliphatic heterocycles. The highest BCUT2D eigenvalue weighted by molar-refractivity contribution is 7.89. The number of pyridine rings is 1. The van der Waals surface area contributed by atoms with E-state index in [4.69, 9.17) is 4.52 Å². The molecule has 3 rings (SSSR count). The van der Waals surface area contributed by atoms with E-state index >= 15 is 0 Å². The largest absolute Gasteiger partial charge is 0.360 e. The molecule has 22 heavy (non-hydrogen) atoms. The SMILES string of the molecule is Cc1noc(C)c1S(=O)(=O)NCc1ccc2ccccc2n1. The molecular formula is C15H15N3O3S. The molecule has 1 N–H and O–H groups in total. The molecule has 0 spiro atoms. The highest BCUT2D eigenvalue weighted by Gasteiger charge is 2.23. The highest BCUT2D eigenvalue weighted by atomic mass is 32.2. The van der Waals surface area contributed by atoms with E-state index in [-0.39, 0.29) is 17.2 Å². The van der Waals surface area contributed by atoms with E-state index in [1.54, 1.807) is 19.9 Å². The molecule has 2 heterocycles. The van der Waals surface area contributed by atoms with E-state index in [9.17, 15) is 8.42 Å². The van der Waals surface area contributed by atoms with Gasteiger partial charge in [0.1, 0.15) is 10.6 Å². The maximum atomic E-state index is 12.3. The number of nitrogens with one attached hydrogen (secondary N) is 1. The van der Waals surface area contributed by atoms with Gasteiger partial charge in [0.05, 0.1) is 17.8 Å². The molecule has 7 heteroatoms. The number of para-hydroxylation sites is 1. The van der Waals surface area contributed by atoms with Gasteiger partial charge in [-0.15, -0.1) is 0 Å². The van der Waals surface area contributed by atoms with Crippen molar-refractivity contribution in [1.29, 1.82) is 0 Å². The molecule has 0 unspecified atom stereocenters. The van der Waals surface area contributed by atoms with Gasteiger partial charge in [-0.1, -0.05) is 29.4 Å². The number of hydrogen-bond donors (Lipinski definition) is 1. The summed E-state index contributed by atoms with van der Waals surface area (Å²) in [6.07, 6.45) is 0. The van der Waals surface area contributed by atoms with Gasteiger partial charge in [-0.2, -0.15) is 0 Å². The molecule has 0 fully saturated rings. The average Bonchev–Trinajstić information content (AvgIpc) is 2.85. The number of rotatable bonds is 4. The molecule has 114 valence electrons. The number of fused-ring (bicyclic) bond motifs is 1. The Bertz CT molecular complexity index is 913. The lowest BCUT2D eigenvalue weighted by Crippen LogP contribution is -2.24. The van der Waals surface area contributed by atoms with Crippen LogP contribution in [-0.4, -0.2) is 18.6 Å². The number of nitrogens with zero attached hydrogens (tertiary/aromatic N) is 2. The van der Waals surface area contributed by atoms with Crippen LogP contribution in [0.3, 0.4) is 0 Å². The molecule has 1 aromatic carbocycles. The van der Waals surface area contributed by atoms with Crippen LogP contribution in [-0.2, 0) is 16.6 Å². The fourth-order valence-electron chi connectivity index (χ4n) is 2.31. The molecule has 0 bridgehead atoms. The zero-order chi connectivity index (χ0) is 15.7. The zero-order valence-electron chi connectivity index (χ0n) is 12.2. The van der Waals surface area contributed by atoms with Crippen molar-refractivity contribution in [2.24, 2.45) is 0 Å². The molecule has 0 saturated carbocycles. The number of sulfonamides is 1. The minimum absolute atomic E-state index is 0.0910. The molecule has 0 aliphatic carbocycles. The van der Waals surface area contributed by atoms with Gasteiger partial charge in [-0.3, -0.25) is 4.98 Å². The summed E-state index contributed by atoms with van der Waals surface area (Å²) < 4.78 is 32.1. The molecule has 2 aromatic heterocycles. The van der Waals surface area contributed by atoms with Crippen molar-refractivity contribution in [2.75, 3.05) is 0 Å². The first-order chi connectivity index (χ1) is 10.5. The summed E-state index contributed by atoms with van der Waals surface area (Å²) in [6, 6.07) is 11.4. The summed E-state index contributed by atoms with van der Waals surface area (Å²) >= 11 is 0. The fraction of sp³-hybridized carbons (Fsp3) is 0.200. The van der Waals surface area contributed by atoms with E-state index in [1.165, 1.54) is 0 Å². The van der Waals surface area contributed by atoms with Crippen LogP contribution in [0.4, 0.5) is 0 Å². The number of hydrogen-bond acceptors (Lipinski definition) is 5. The molecular weight excluding hydrogens is 302 g/mol. The van der Waals surface area contributed by atoms with E-state index in [1.807, 2.05) is 30.3 Å². The lowest BCUT2D eigenvalue weighted by Gasteiger charge is -2.06. The lowest BCUT2D eigenvalue weighted by molar-refractivity contribution is 0.390. The van der Waals surface area contributed by atoms with Crippen LogP contribution >= 0.6 is 0 Å². The van der Waals surface area contributed by atoms with Crippen molar-refractivity contribution >= 4 is 20.9 Å². The van der Waals surface area contributed by atoms with Crippen LogP contribution in [0.15, 0.2) is 45.8 Å². The van der Waals surface area contributed by atoms with Gasteiger partial charge in [-0.05, 0) is 26.0 Å². The van der Waals surface area contributed by atoms with Crippen LogP contribution in [0.25, 0.3) is 10.9 Å². The third-order valence-electron chi connectivity index (χ3n) is 3.34. The van der Waals surface area contributed by atoms with Crippen LogP contribution in [0.1, 0.15) is 17.1 Å². The van der Waals surface area contributed by atoms with E-state index in [2.05, 4.69) is 14.9 Å². The number of benzene rings is 1. The van der Waals surface area contributed by atoms with Crippen LogP contribution in [0, 0.1) is 13.8 Å². The summed E-state index contributed by atoms with van der Waals surface area (Å²) in [6.45, 7) is 3.28. The predicted octanol–water partition coefficient (Wildman–Crippen LogP) is 2.32. The Morgan fingerprint density at radius 1 is 1.14 bits per heavy atom. The van der Waals surface area contributed by atoms with E-state index in [0.29, 0.717) is 11.4 Å². The minimum atomic E-state index is -3.68. The second kappa shape index (κ2) is 5.51. The van der Waals surface area contributed by atoms with Crippen molar-refractivity contribution in [3.63, 3.8) is 0 Å². The predicted molar refractivity (Wildman–Crippen MR) is 81.7 cm³/mol. The molecule has 0 aliphatic rings. The Balaban J connectivity index is 1.84. The van der Waals surface area contributed by atoms with Gasteiger partial charge in [0.25, 0.3) is 0 Å². The fourth-order valence-corrected chi connectivity index (χ4v) is 3.63. The third kappa shape index (κ3) is 2.72. The molecule has 0 atom stereocenters. The minimum Gasteiger partial charge on any atom is -0.360 e. The Morgan fingerprint density at radius 3 is 2.64 bits per heavy atom. The third-order valence-corrected chi connectivity index (χ3v) is 4.98. The van der Waals surface area contributed by atoms with E-state index < -0.39 is 10.0 Å². The second-order valence-corrected chi connectivity index (χ2v) is 6.68. The maximum absolute atomic E-state index is 12.3. The Morgan fingerprint density at radius 2 is 1.91 bits per heavy atom. The van der Waals surface area contributed by atoms with Gasteiger partial charge in [-0.25, -0.2) is 13.1 Å². The van der Waals surface area contributed by atoms with Crippen molar-refractivity contribution < 1.29 is 12.9 Å². The Kier molecular flexibility index (Phi) is 3.67. The van der Waals surface area contributed by atoms with Gasteiger partial charge in [0.15, 0.2) is 5.76 Å². The van der Waals surface area contributed by atoms with Crippen molar-refractivity contribution in [3.05, 3.63) is 53.5 Å². The first-order valence-corrected chi connectivity index (χ1v) is 8.23. The highest BCUT2D eigenvalue weighted by Crippen LogP contribution is 2.19. The summed E-state index contributed by atoms with van der Waals surface area (Å²) in [5.74, 6) is 0.275. The van der Waals surface area contributed by atoms with E-state index in [0.717, 1.165) is 10.9 Å². The van der Waals surface area contributed by atoms with Gasteiger partial charge in [0.2, 0.25) is 10.0 Å². The quantitative estimate of drug-likeness (QED) is 0.798. The number of aromatic nitrogens is 2. The second-order valence-electron chi connectivity index (χ2n) is 4.97. The summed E-state index contributed by atoms with van der Waals surface area (Å²) in [5, 5.41) is 4.68. The summed E-state index contributed by atoms with van der Waals surface area (Å²) in [7, 11) is -3.68. The topological polar surface area (TPSA) is 85.1 Å². The molecule has 0 radical (unpaired) electrons. The zero-order valence-corrected chi connectivity index (χ0v) is 13.0. The molecule has 6 nitrogen and oxygen atoms in total. The summed E-state index contributed by atoms with van der Waals surface area (Å²) in [4.78, 5) is 4.53. The van der Waals surface area contributed by atoms with Crippen LogP contribution in [0.2, 0.25) is 0 Å². The molecule has 3 aromatic rings. The lowest BCUT2D eigenvalue weighted by atomic mass is 10.2. The smallest absolute Gasteiger partial charge is 0.246 e. The van der Waals surface area contributed by atoms with Crippen molar-refractivity contribution in [3.8, 4) is 0 Å². The maximum Gasteiger partial charge on any atom is 0.246 e. The molecule has 0 saturated heterocycles. The Hall–Kier alpha value is -2.25. The van der Waals surface area contributed by atoms with Gasteiger partial charge >= 0.3 is 0 Å². The summed E-state index contributed by atoms with van der Waals surface area (Å²) in [5.41, 5.74) is 1.82. The normalized spacial score (nSPS) is 11.9. The average molecular weight is 317 g/mol. The Labute approximate surface area is 128 Å². The van der Waals surface area contributed by atoms with Crippen molar-refractivity contribution in [1.82, 2.24) is 14.9 Å².